The van der Waals surface area contributed by atoms with Crippen LogP contribution in [0.5, 0.6) is 11.5 Å². The predicted octanol–water partition coefficient (Wildman–Crippen LogP) is 4.01. The van der Waals surface area contributed by atoms with Crippen LogP contribution in [-0.2, 0) is 11.3 Å². The number of allylic oxidation sites excluding steroid dienone is 1. The largest absolute Gasteiger partial charge is 0.497 e. The van der Waals surface area contributed by atoms with Gasteiger partial charge in [-0.2, -0.15) is 5.26 Å². The number of halogens is 1. The number of hydrogen-bond donors (Lipinski definition) is 3. The minimum atomic E-state index is -0.416. The van der Waals surface area contributed by atoms with Crippen LogP contribution in [0.15, 0.2) is 84.3 Å². The summed E-state index contributed by atoms with van der Waals surface area (Å²) in [5, 5.41) is 9.94. The van der Waals surface area contributed by atoms with E-state index in [4.69, 9.17) is 19.9 Å². The van der Waals surface area contributed by atoms with Gasteiger partial charge in [0.25, 0.3) is 0 Å². The van der Waals surface area contributed by atoms with Crippen LogP contribution < -0.4 is 26.1 Å². The molecule has 2 aliphatic rings. The molecule has 3 aromatic carbocycles. The molecule has 8 heteroatoms. The van der Waals surface area contributed by atoms with Crippen molar-refractivity contribution in [2.75, 3.05) is 7.11 Å². The second-order valence-corrected chi connectivity index (χ2v) is 8.47. The van der Waals surface area contributed by atoms with Crippen molar-refractivity contribution in [1.29, 1.82) is 5.26 Å². The molecule has 7 nitrogen and oxygen atoms in total. The Balaban J connectivity index is 1.42. The summed E-state index contributed by atoms with van der Waals surface area (Å²) in [5.74, 6) is 0.723. The van der Waals surface area contributed by atoms with Gasteiger partial charge in [-0.1, -0.05) is 42.5 Å². The molecule has 1 fully saturated rings. The zero-order chi connectivity index (χ0) is 24.4. The van der Waals surface area contributed by atoms with Gasteiger partial charge in [0.15, 0.2) is 6.23 Å². The molecule has 1 saturated heterocycles. The third kappa shape index (κ3) is 4.39. The van der Waals surface area contributed by atoms with Gasteiger partial charge in [0.05, 0.1) is 18.7 Å². The highest BCUT2D eigenvalue weighted by atomic mass is 19.1. The number of hydrazine groups is 1. The van der Waals surface area contributed by atoms with Gasteiger partial charge in [-0.05, 0) is 41.5 Å². The molecule has 178 valence electrons. The van der Waals surface area contributed by atoms with E-state index in [1.807, 2.05) is 48.5 Å². The van der Waals surface area contributed by atoms with Crippen molar-refractivity contribution in [3.05, 3.63) is 107 Å². The molecule has 4 atom stereocenters. The fraction of sp³-hybridized carbons (Fsp3) is 0.222. The number of fused-ring (bicyclic) bond motifs is 1. The third-order valence-electron chi connectivity index (χ3n) is 6.52. The Morgan fingerprint density at radius 2 is 1.66 bits per heavy atom. The van der Waals surface area contributed by atoms with Crippen molar-refractivity contribution in [3.8, 4) is 17.6 Å². The van der Waals surface area contributed by atoms with Crippen molar-refractivity contribution in [3.63, 3.8) is 0 Å². The van der Waals surface area contributed by atoms with E-state index in [2.05, 4.69) is 16.9 Å². The lowest BCUT2D eigenvalue weighted by molar-refractivity contribution is 0.0340. The molecule has 0 amide bonds. The number of benzene rings is 3. The number of nitrogens with one attached hydrogen (secondary N) is 2. The average molecular weight is 473 g/mol. The van der Waals surface area contributed by atoms with Crippen LogP contribution in [0, 0.1) is 23.1 Å². The van der Waals surface area contributed by atoms with Crippen molar-refractivity contribution in [2.45, 2.75) is 24.8 Å². The van der Waals surface area contributed by atoms with Crippen LogP contribution in [0.3, 0.4) is 0 Å². The van der Waals surface area contributed by atoms with E-state index < -0.39 is 6.23 Å². The van der Waals surface area contributed by atoms with Gasteiger partial charge in [-0.3, -0.25) is 0 Å². The summed E-state index contributed by atoms with van der Waals surface area (Å²) < 4.78 is 30.8. The minimum absolute atomic E-state index is 0.114. The van der Waals surface area contributed by atoms with Crippen molar-refractivity contribution >= 4 is 0 Å². The number of rotatable bonds is 6. The highest BCUT2D eigenvalue weighted by Gasteiger charge is 2.49. The van der Waals surface area contributed by atoms with E-state index >= 15 is 0 Å². The molecule has 0 aromatic heterocycles. The molecule has 4 N–H and O–H groups in total. The molecule has 0 bridgehead atoms. The smallest absolute Gasteiger partial charge is 0.200 e. The minimum Gasteiger partial charge on any atom is -0.497 e. The Kier molecular flexibility index (Phi) is 6.27. The Morgan fingerprint density at radius 1 is 0.971 bits per heavy atom. The highest BCUT2D eigenvalue weighted by molar-refractivity contribution is 5.44. The van der Waals surface area contributed by atoms with E-state index in [1.54, 1.807) is 25.3 Å². The first kappa shape index (κ1) is 22.7. The summed E-state index contributed by atoms with van der Waals surface area (Å²) in [6.07, 6.45) is -0.416. The number of hydrogen-bond acceptors (Lipinski definition) is 7. The fourth-order valence-electron chi connectivity index (χ4n) is 4.74. The van der Waals surface area contributed by atoms with Gasteiger partial charge in [0, 0.05) is 17.4 Å². The molecule has 0 radical (unpaired) electrons. The summed E-state index contributed by atoms with van der Waals surface area (Å²) in [6, 6.07) is 23.9. The number of nitriles is 1. The number of nitrogens with zero attached hydrogens (tertiary/aromatic N) is 1. The molecule has 0 aliphatic carbocycles. The van der Waals surface area contributed by atoms with E-state index in [-0.39, 0.29) is 36.2 Å². The monoisotopic (exact) mass is 472 g/mol. The second kappa shape index (κ2) is 9.66. The number of nitrogens with two attached hydrogens (primary N) is 1. The van der Waals surface area contributed by atoms with Crippen LogP contribution in [0.2, 0.25) is 0 Å². The van der Waals surface area contributed by atoms with Crippen LogP contribution in [0.4, 0.5) is 4.39 Å². The Hall–Kier alpha value is -4.06. The highest BCUT2D eigenvalue weighted by Crippen LogP contribution is 2.47. The topological polar surface area (TPSA) is 102 Å². The van der Waals surface area contributed by atoms with Crippen LogP contribution >= 0.6 is 0 Å². The van der Waals surface area contributed by atoms with Gasteiger partial charge in [-0.15, -0.1) is 0 Å². The summed E-state index contributed by atoms with van der Waals surface area (Å²) in [7, 11) is 1.63. The molecule has 5 rings (SSSR count). The summed E-state index contributed by atoms with van der Waals surface area (Å²) >= 11 is 0. The van der Waals surface area contributed by atoms with Crippen molar-refractivity contribution in [2.24, 2.45) is 11.7 Å². The summed E-state index contributed by atoms with van der Waals surface area (Å²) in [6.45, 7) is 0.123. The average Bonchev–Trinajstić information content (AvgIpc) is 3.31. The SMILES string of the molecule is COc1ccc(C2NNC3OC(N)=C(C#N)C(c4ccc(OCc5ccccc5F)cc4)C32)cc1. The Bertz CT molecular complexity index is 1270. The van der Waals surface area contributed by atoms with Gasteiger partial charge in [0.1, 0.15) is 30.0 Å². The van der Waals surface area contributed by atoms with Gasteiger partial charge in [0.2, 0.25) is 5.88 Å². The van der Waals surface area contributed by atoms with E-state index in [9.17, 15) is 9.65 Å². The zero-order valence-electron chi connectivity index (χ0n) is 19.1. The van der Waals surface area contributed by atoms with Crippen LogP contribution in [0.1, 0.15) is 28.7 Å². The third-order valence-corrected chi connectivity index (χ3v) is 6.52. The standard InChI is InChI=1S/C27H25FN4O3/c1-33-19-10-8-17(9-11-19)25-24-23(21(14-29)26(30)35-27(24)32-31-25)16-6-12-20(13-7-16)34-15-18-4-2-3-5-22(18)28/h2-13,23-25,27,31-32H,15,30H2,1H3. The normalized spacial score (nSPS) is 23.2. The molecule has 35 heavy (non-hydrogen) atoms. The first-order valence-corrected chi connectivity index (χ1v) is 11.3. The zero-order valence-corrected chi connectivity index (χ0v) is 19.1. The lowest BCUT2D eigenvalue weighted by Crippen LogP contribution is -2.40. The first-order chi connectivity index (χ1) is 17.1. The lowest BCUT2D eigenvalue weighted by atomic mass is 9.74. The maximum Gasteiger partial charge on any atom is 0.200 e. The molecular formula is C27H25FN4O3. The number of ether oxygens (including phenoxy) is 3. The first-order valence-electron chi connectivity index (χ1n) is 11.3. The molecule has 0 spiro atoms. The molecule has 3 aromatic rings. The van der Waals surface area contributed by atoms with Crippen molar-refractivity contribution < 1.29 is 18.6 Å². The summed E-state index contributed by atoms with van der Waals surface area (Å²) in [5.41, 5.74) is 15.4. The fourth-order valence-corrected chi connectivity index (χ4v) is 4.74. The Morgan fingerprint density at radius 3 is 2.34 bits per heavy atom. The van der Waals surface area contributed by atoms with Crippen molar-refractivity contribution in [1.82, 2.24) is 10.9 Å². The lowest BCUT2D eigenvalue weighted by Gasteiger charge is -2.36. The molecule has 0 saturated carbocycles. The maximum atomic E-state index is 13.9. The predicted molar refractivity (Wildman–Crippen MR) is 127 cm³/mol. The number of methoxy groups -OCH3 is 1. The van der Waals surface area contributed by atoms with E-state index in [1.165, 1.54) is 6.07 Å². The summed E-state index contributed by atoms with van der Waals surface area (Å²) in [4.78, 5) is 0. The van der Waals surface area contributed by atoms with Gasteiger partial charge >= 0.3 is 0 Å². The molecule has 2 aliphatic heterocycles. The van der Waals surface area contributed by atoms with Crippen LogP contribution in [0.25, 0.3) is 0 Å². The second-order valence-electron chi connectivity index (χ2n) is 8.47. The van der Waals surface area contributed by atoms with E-state index in [0.29, 0.717) is 16.9 Å². The quantitative estimate of drug-likeness (QED) is 0.498. The van der Waals surface area contributed by atoms with Gasteiger partial charge < -0.3 is 19.9 Å². The van der Waals surface area contributed by atoms with E-state index in [0.717, 1.165) is 16.9 Å². The Labute approximate surface area is 202 Å². The molecule has 2 heterocycles. The molecule has 4 unspecified atom stereocenters. The van der Waals surface area contributed by atoms with Gasteiger partial charge in [-0.25, -0.2) is 15.2 Å². The maximum absolute atomic E-state index is 13.9. The molecular weight excluding hydrogens is 447 g/mol. The van der Waals surface area contributed by atoms with Crippen LogP contribution in [-0.4, -0.2) is 13.3 Å².